The van der Waals surface area contributed by atoms with Crippen molar-refractivity contribution in [2.45, 2.75) is 27.0 Å². The van der Waals surface area contributed by atoms with Crippen LogP contribution in [0.5, 0.6) is 5.75 Å². The van der Waals surface area contributed by atoms with E-state index in [1.165, 1.54) is 4.80 Å². The zero-order valence-electron chi connectivity index (χ0n) is 11.9. The molecule has 2 rings (SSSR count). The molecule has 0 spiro atoms. The Kier molecular flexibility index (Phi) is 5.08. The van der Waals surface area contributed by atoms with E-state index in [-0.39, 0.29) is 0 Å². The highest BCUT2D eigenvalue weighted by molar-refractivity contribution is 9.10. The van der Waals surface area contributed by atoms with E-state index in [0.29, 0.717) is 12.4 Å². The number of aryl methyl sites for hydroxylation is 2. The Hall–Kier alpha value is -1.47. The Morgan fingerprint density at radius 2 is 2.20 bits per heavy atom. The summed E-state index contributed by atoms with van der Waals surface area (Å²) >= 11 is 3.52. The van der Waals surface area contributed by atoms with E-state index >= 15 is 0 Å². The van der Waals surface area contributed by atoms with Crippen molar-refractivity contribution in [1.82, 2.24) is 25.5 Å². The molecule has 0 saturated heterocycles. The first-order valence-electron chi connectivity index (χ1n) is 6.45. The van der Waals surface area contributed by atoms with Crippen LogP contribution in [-0.2, 0) is 20.2 Å². The van der Waals surface area contributed by atoms with Crippen molar-refractivity contribution in [2.75, 3.05) is 6.54 Å². The van der Waals surface area contributed by atoms with Crippen LogP contribution in [0, 0.1) is 6.92 Å². The predicted molar refractivity (Wildman–Crippen MR) is 79.4 cm³/mol. The van der Waals surface area contributed by atoms with Gasteiger partial charge in [-0.05, 0) is 36.4 Å². The average molecular weight is 340 g/mol. The molecule has 0 amide bonds. The minimum absolute atomic E-state index is 0.315. The topological polar surface area (TPSA) is 64.9 Å². The SMILES string of the molecule is CCNCc1cc(Br)cc(C)c1OCc1nnn(C)n1. The molecular formula is C13H18BrN5O. The number of benzene rings is 1. The minimum atomic E-state index is 0.315. The van der Waals surface area contributed by atoms with Gasteiger partial charge in [0.1, 0.15) is 5.75 Å². The lowest BCUT2D eigenvalue weighted by Gasteiger charge is -2.14. The fourth-order valence-electron chi connectivity index (χ4n) is 1.91. The molecule has 1 aromatic heterocycles. The van der Waals surface area contributed by atoms with Gasteiger partial charge in [-0.2, -0.15) is 4.80 Å². The molecule has 1 N–H and O–H groups in total. The Morgan fingerprint density at radius 1 is 1.40 bits per heavy atom. The Balaban J connectivity index is 2.16. The number of rotatable bonds is 6. The first-order chi connectivity index (χ1) is 9.60. The molecule has 0 aliphatic carbocycles. The van der Waals surface area contributed by atoms with Crippen LogP contribution in [-0.4, -0.2) is 26.8 Å². The molecule has 0 bridgehead atoms. The lowest BCUT2D eigenvalue weighted by atomic mass is 10.1. The fourth-order valence-corrected chi connectivity index (χ4v) is 2.53. The van der Waals surface area contributed by atoms with Gasteiger partial charge in [-0.3, -0.25) is 0 Å². The number of halogens is 1. The molecule has 108 valence electrons. The molecule has 1 heterocycles. The van der Waals surface area contributed by atoms with Gasteiger partial charge in [0.2, 0.25) is 5.82 Å². The number of hydrogen-bond donors (Lipinski definition) is 1. The molecule has 0 atom stereocenters. The third kappa shape index (κ3) is 3.77. The van der Waals surface area contributed by atoms with E-state index in [9.17, 15) is 0 Å². The summed E-state index contributed by atoms with van der Waals surface area (Å²) in [4.78, 5) is 1.42. The maximum atomic E-state index is 5.88. The summed E-state index contributed by atoms with van der Waals surface area (Å²) in [7, 11) is 1.73. The molecule has 2 aromatic rings. The summed E-state index contributed by atoms with van der Waals surface area (Å²) in [6.45, 7) is 6.10. The van der Waals surface area contributed by atoms with Crippen LogP contribution in [0.25, 0.3) is 0 Å². The van der Waals surface area contributed by atoms with Gasteiger partial charge >= 0.3 is 0 Å². The second kappa shape index (κ2) is 6.81. The third-order valence-electron chi connectivity index (χ3n) is 2.78. The van der Waals surface area contributed by atoms with Crippen molar-refractivity contribution in [3.05, 3.63) is 33.6 Å². The highest BCUT2D eigenvalue weighted by Crippen LogP contribution is 2.28. The van der Waals surface area contributed by atoms with E-state index in [1.54, 1.807) is 7.05 Å². The molecule has 0 saturated carbocycles. The highest BCUT2D eigenvalue weighted by Gasteiger charge is 2.10. The van der Waals surface area contributed by atoms with Crippen LogP contribution in [0.4, 0.5) is 0 Å². The van der Waals surface area contributed by atoms with Crippen LogP contribution in [0.15, 0.2) is 16.6 Å². The maximum Gasteiger partial charge on any atom is 0.212 e. The largest absolute Gasteiger partial charge is 0.485 e. The Bertz CT molecular complexity index is 584. The van der Waals surface area contributed by atoms with E-state index in [0.717, 1.165) is 34.4 Å². The number of tetrazole rings is 1. The van der Waals surface area contributed by atoms with Crippen molar-refractivity contribution in [1.29, 1.82) is 0 Å². The summed E-state index contributed by atoms with van der Waals surface area (Å²) in [5.41, 5.74) is 2.19. The lowest BCUT2D eigenvalue weighted by molar-refractivity contribution is 0.289. The smallest absolute Gasteiger partial charge is 0.212 e. The molecule has 0 fully saturated rings. The van der Waals surface area contributed by atoms with Crippen LogP contribution in [0.3, 0.4) is 0 Å². The van der Waals surface area contributed by atoms with Crippen LogP contribution < -0.4 is 10.1 Å². The predicted octanol–water partition coefficient (Wildman–Crippen LogP) is 1.97. The standard InChI is InChI=1S/C13H18BrN5O/c1-4-15-7-10-6-11(14)5-9(2)13(10)20-8-12-16-18-19(3)17-12/h5-6,15H,4,7-8H2,1-3H3. The van der Waals surface area contributed by atoms with Gasteiger partial charge in [-0.15, -0.1) is 10.2 Å². The second-order valence-corrected chi connectivity index (χ2v) is 5.39. The first-order valence-corrected chi connectivity index (χ1v) is 7.25. The third-order valence-corrected chi connectivity index (χ3v) is 3.23. The summed E-state index contributed by atoms with van der Waals surface area (Å²) in [6, 6.07) is 4.10. The van der Waals surface area contributed by atoms with Gasteiger partial charge in [-0.1, -0.05) is 22.9 Å². The van der Waals surface area contributed by atoms with E-state index in [1.807, 2.05) is 13.0 Å². The van der Waals surface area contributed by atoms with E-state index in [2.05, 4.69) is 49.6 Å². The van der Waals surface area contributed by atoms with E-state index < -0.39 is 0 Å². The van der Waals surface area contributed by atoms with Gasteiger partial charge in [0, 0.05) is 16.6 Å². The molecule has 0 unspecified atom stereocenters. The quantitative estimate of drug-likeness (QED) is 0.871. The van der Waals surface area contributed by atoms with Gasteiger partial charge in [0.25, 0.3) is 0 Å². The molecule has 0 aliphatic heterocycles. The second-order valence-electron chi connectivity index (χ2n) is 4.48. The number of nitrogens with one attached hydrogen (secondary N) is 1. The Morgan fingerprint density at radius 3 is 2.85 bits per heavy atom. The number of ether oxygens (including phenoxy) is 1. The van der Waals surface area contributed by atoms with Gasteiger partial charge in [-0.25, -0.2) is 0 Å². The van der Waals surface area contributed by atoms with Gasteiger partial charge < -0.3 is 10.1 Å². The Labute approximate surface area is 126 Å². The minimum Gasteiger partial charge on any atom is -0.485 e. The molecule has 0 aliphatic rings. The number of aromatic nitrogens is 4. The normalized spacial score (nSPS) is 10.8. The van der Waals surface area contributed by atoms with Crippen LogP contribution in [0.2, 0.25) is 0 Å². The van der Waals surface area contributed by atoms with Crippen molar-refractivity contribution >= 4 is 15.9 Å². The molecule has 20 heavy (non-hydrogen) atoms. The zero-order valence-corrected chi connectivity index (χ0v) is 13.4. The molecule has 0 radical (unpaired) electrons. The molecule has 1 aromatic carbocycles. The molecular weight excluding hydrogens is 322 g/mol. The van der Waals surface area contributed by atoms with Crippen LogP contribution >= 0.6 is 15.9 Å². The first kappa shape index (κ1) is 14.9. The van der Waals surface area contributed by atoms with Crippen LogP contribution in [0.1, 0.15) is 23.9 Å². The summed E-state index contributed by atoms with van der Waals surface area (Å²) in [5.74, 6) is 1.45. The number of hydrogen-bond acceptors (Lipinski definition) is 5. The van der Waals surface area contributed by atoms with Crippen molar-refractivity contribution in [2.24, 2.45) is 7.05 Å². The summed E-state index contributed by atoms with van der Waals surface area (Å²) in [6.07, 6.45) is 0. The average Bonchev–Trinajstić information content (AvgIpc) is 2.80. The molecule has 7 heteroatoms. The molecule has 6 nitrogen and oxygen atoms in total. The summed E-state index contributed by atoms with van der Waals surface area (Å²) < 4.78 is 6.93. The van der Waals surface area contributed by atoms with Crippen molar-refractivity contribution in [3.63, 3.8) is 0 Å². The van der Waals surface area contributed by atoms with Crippen molar-refractivity contribution < 1.29 is 4.74 Å². The zero-order chi connectivity index (χ0) is 14.5. The fraction of sp³-hybridized carbons (Fsp3) is 0.462. The monoisotopic (exact) mass is 339 g/mol. The van der Waals surface area contributed by atoms with Gasteiger partial charge in [0.05, 0.1) is 7.05 Å². The number of nitrogens with zero attached hydrogens (tertiary/aromatic N) is 4. The van der Waals surface area contributed by atoms with E-state index in [4.69, 9.17) is 4.74 Å². The van der Waals surface area contributed by atoms with Gasteiger partial charge in [0.15, 0.2) is 6.61 Å². The van der Waals surface area contributed by atoms with Crippen molar-refractivity contribution in [3.8, 4) is 5.75 Å². The lowest BCUT2D eigenvalue weighted by Crippen LogP contribution is -2.13. The maximum absolute atomic E-state index is 5.88. The highest BCUT2D eigenvalue weighted by atomic mass is 79.9. The summed E-state index contributed by atoms with van der Waals surface area (Å²) in [5, 5.41) is 15.1.